The largest absolute Gasteiger partial charge is 0.457 e. The van der Waals surface area contributed by atoms with Crippen molar-refractivity contribution < 1.29 is 24.5 Å². The number of ether oxygens (including phenoxy) is 1. The van der Waals surface area contributed by atoms with E-state index in [9.17, 15) is 19.8 Å². The van der Waals surface area contributed by atoms with Crippen LogP contribution >= 0.6 is 0 Å². The summed E-state index contributed by atoms with van der Waals surface area (Å²) in [7, 11) is 0. The number of ketones is 1. The molecule has 39 heavy (non-hydrogen) atoms. The lowest BCUT2D eigenvalue weighted by Gasteiger charge is -2.56. The summed E-state index contributed by atoms with van der Waals surface area (Å²) in [6, 6.07) is 7.52. The molecule has 0 radical (unpaired) electrons. The third-order valence-electron chi connectivity index (χ3n) is 11.9. The number of benzene rings is 1. The van der Waals surface area contributed by atoms with E-state index in [1.54, 1.807) is 0 Å². The average Bonchev–Trinajstić information content (AvgIpc) is 3.13. The zero-order valence-corrected chi connectivity index (χ0v) is 24.1. The molecule has 8 atom stereocenters. The van der Waals surface area contributed by atoms with Gasteiger partial charge < -0.3 is 20.7 Å². The lowest BCUT2D eigenvalue weighted by atomic mass is 9.51. The Labute approximate surface area is 231 Å². The maximum absolute atomic E-state index is 13.7. The Morgan fingerprint density at radius 1 is 1.15 bits per heavy atom. The lowest BCUT2D eigenvalue weighted by Crippen LogP contribution is -2.63. The van der Waals surface area contributed by atoms with E-state index in [2.05, 4.69) is 26.0 Å². The van der Waals surface area contributed by atoms with Gasteiger partial charge in [-0.15, -0.1) is 0 Å². The summed E-state index contributed by atoms with van der Waals surface area (Å²) in [5, 5.41) is 23.2. The lowest BCUT2D eigenvalue weighted by molar-refractivity contribution is -0.200. The summed E-state index contributed by atoms with van der Waals surface area (Å²) in [5.74, 6) is -1.20. The van der Waals surface area contributed by atoms with E-state index in [-0.39, 0.29) is 36.1 Å². The van der Waals surface area contributed by atoms with Crippen molar-refractivity contribution in [3.63, 3.8) is 0 Å². The number of rotatable bonds is 4. The van der Waals surface area contributed by atoms with Gasteiger partial charge in [-0.25, -0.2) is 0 Å². The van der Waals surface area contributed by atoms with Crippen LogP contribution < -0.4 is 5.73 Å². The highest BCUT2D eigenvalue weighted by atomic mass is 16.6. The molecule has 5 aliphatic rings. The molecule has 0 aliphatic heterocycles. The van der Waals surface area contributed by atoms with Gasteiger partial charge in [-0.3, -0.25) is 9.59 Å². The van der Waals surface area contributed by atoms with Crippen LogP contribution in [0.5, 0.6) is 0 Å². The topological polar surface area (TPSA) is 110 Å². The molecule has 0 spiro atoms. The Morgan fingerprint density at radius 3 is 2.36 bits per heavy atom. The van der Waals surface area contributed by atoms with Gasteiger partial charge in [0.1, 0.15) is 11.6 Å². The minimum atomic E-state index is -1.25. The molecule has 0 heterocycles. The molecule has 5 aliphatic carbocycles. The van der Waals surface area contributed by atoms with Gasteiger partial charge in [0.25, 0.3) is 0 Å². The van der Waals surface area contributed by atoms with Crippen molar-refractivity contribution in [1.82, 2.24) is 0 Å². The highest BCUT2D eigenvalue weighted by Gasteiger charge is 2.86. The molecule has 1 aromatic carbocycles. The van der Waals surface area contributed by atoms with E-state index >= 15 is 0 Å². The van der Waals surface area contributed by atoms with Crippen LogP contribution in [0.25, 0.3) is 0 Å². The predicted octanol–water partition coefficient (Wildman–Crippen LogP) is 3.92. The van der Waals surface area contributed by atoms with Crippen LogP contribution in [0.4, 0.5) is 0 Å². The molecule has 6 heteroatoms. The minimum absolute atomic E-state index is 0.00256. The molecule has 6 nitrogen and oxygen atoms in total. The Bertz CT molecular complexity index is 1300. The quantitative estimate of drug-likeness (QED) is 0.400. The fourth-order valence-electron chi connectivity index (χ4n) is 10.1. The SMILES string of the molecule is CC1=C[C@H]2[C@@]3(O)[C@H](C)C[C@]4(OC(=O)[C@@H](N)C5Cc6ccccc6C5)[C@@H](C4(C)C)[C@]3(C)C=C(CO)C[C@]2(C)C1=O. The summed E-state index contributed by atoms with van der Waals surface area (Å²) in [6.45, 7) is 11.9. The number of carbonyl (C=O) groups is 2. The van der Waals surface area contributed by atoms with Crippen LogP contribution in [-0.2, 0) is 27.2 Å². The number of Topliss-reactive ketones (excluding diaryl/α,β-unsaturated/α-hetero) is 1. The first-order valence-electron chi connectivity index (χ1n) is 14.5. The summed E-state index contributed by atoms with van der Waals surface area (Å²) in [6.07, 6.45) is 6.42. The zero-order valence-electron chi connectivity index (χ0n) is 24.1. The first-order chi connectivity index (χ1) is 18.2. The maximum atomic E-state index is 13.7. The predicted molar refractivity (Wildman–Crippen MR) is 148 cm³/mol. The third kappa shape index (κ3) is 3.20. The third-order valence-corrected chi connectivity index (χ3v) is 11.9. The molecular formula is C33H43NO5. The molecule has 0 unspecified atom stereocenters. The van der Waals surface area contributed by atoms with Crippen LogP contribution in [0.15, 0.2) is 47.6 Å². The molecular weight excluding hydrogens is 490 g/mol. The molecule has 0 saturated heterocycles. The number of allylic oxidation sites excluding steroid dienone is 1. The molecule has 0 bridgehead atoms. The van der Waals surface area contributed by atoms with Crippen molar-refractivity contribution in [2.45, 2.75) is 84.5 Å². The zero-order chi connectivity index (χ0) is 28.3. The molecule has 4 N–H and O–H groups in total. The van der Waals surface area contributed by atoms with Gasteiger partial charge in [0.15, 0.2) is 5.78 Å². The van der Waals surface area contributed by atoms with E-state index in [0.717, 1.165) is 18.4 Å². The van der Waals surface area contributed by atoms with Crippen LogP contribution in [0.3, 0.4) is 0 Å². The first kappa shape index (κ1) is 26.9. The molecule has 6 rings (SSSR count). The number of nitrogens with two attached hydrogens (primary N) is 1. The van der Waals surface area contributed by atoms with Crippen LogP contribution in [-0.4, -0.2) is 45.8 Å². The monoisotopic (exact) mass is 533 g/mol. The minimum Gasteiger partial charge on any atom is -0.457 e. The summed E-state index contributed by atoms with van der Waals surface area (Å²) < 4.78 is 6.51. The molecule has 210 valence electrons. The Hall–Kier alpha value is -2.28. The van der Waals surface area contributed by atoms with E-state index in [1.807, 2.05) is 52.0 Å². The van der Waals surface area contributed by atoms with Crippen molar-refractivity contribution >= 4 is 11.8 Å². The summed E-state index contributed by atoms with van der Waals surface area (Å²) in [4.78, 5) is 27.2. The van der Waals surface area contributed by atoms with Gasteiger partial charge in [-0.1, -0.05) is 71.0 Å². The number of aliphatic hydroxyl groups is 2. The van der Waals surface area contributed by atoms with E-state index in [4.69, 9.17) is 10.5 Å². The van der Waals surface area contributed by atoms with E-state index in [1.165, 1.54) is 11.1 Å². The van der Waals surface area contributed by atoms with Gasteiger partial charge in [0.05, 0.1) is 12.2 Å². The smallest absolute Gasteiger partial charge is 0.323 e. The van der Waals surface area contributed by atoms with Gasteiger partial charge in [0, 0.05) is 28.1 Å². The van der Waals surface area contributed by atoms with E-state index in [0.29, 0.717) is 18.4 Å². The Balaban J connectivity index is 1.36. The van der Waals surface area contributed by atoms with Crippen molar-refractivity contribution in [3.8, 4) is 0 Å². The van der Waals surface area contributed by atoms with Crippen molar-refractivity contribution in [2.24, 2.45) is 45.7 Å². The van der Waals surface area contributed by atoms with Gasteiger partial charge in [-0.05, 0) is 66.7 Å². The fourth-order valence-corrected chi connectivity index (χ4v) is 10.1. The van der Waals surface area contributed by atoms with Gasteiger partial charge >= 0.3 is 5.97 Å². The first-order valence-corrected chi connectivity index (χ1v) is 14.5. The van der Waals surface area contributed by atoms with Crippen molar-refractivity contribution in [2.75, 3.05) is 6.61 Å². The number of esters is 1. The second-order valence-corrected chi connectivity index (χ2v) is 14.4. The van der Waals surface area contributed by atoms with Crippen LogP contribution in [0.1, 0.15) is 65.5 Å². The van der Waals surface area contributed by atoms with Crippen LogP contribution in [0, 0.1) is 39.9 Å². The number of carbonyl (C=O) groups excluding carboxylic acids is 2. The van der Waals surface area contributed by atoms with Gasteiger partial charge in [-0.2, -0.15) is 0 Å². The molecule has 1 aromatic rings. The Morgan fingerprint density at radius 2 is 1.77 bits per heavy atom. The van der Waals surface area contributed by atoms with Crippen LogP contribution in [0.2, 0.25) is 0 Å². The van der Waals surface area contributed by atoms with Crippen molar-refractivity contribution in [3.05, 3.63) is 58.7 Å². The number of fused-ring (bicyclic) bond motifs is 6. The van der Waals surface area contributed by atoms with Gasteiger partial charge in [0.2, 0.25) is 0 Å². The Kier molecular flexibility index (Phi) is 5.62. The van der Waals surface area contributed by atoms with E-state index < -0.39 is 39.4 Å². The average molecular weight is 534 g/mol. The maximum Gasteiger partial charge on any atom is 0.323 e. The summed E-state index contributed by atoms with van der Waals surface area (Å²) >= 11 is 0. The fraction of sp³-hybridized carbons (Fsp3) is 0.636. The number of aliphatic hydroxyl groups excluding tert-OH is 1. The highest BCUT2D eigenvalue weighted by Crippen LogP contribution is 2.81. The molecule has 2 fully saturated rings. The molecule has 2 saturated carbocycles. The second kappa shape index (κ2) is 8.14. The summed E-state index contributed by atoms with van der Waals surface area (Å²) in [5.41, 5.74) is 6.39. The number of hydrogen-bond acceptors (Lipinski definition) is 6. The second-order valence-electron chi connectivity index (χ2n) is 14.4. The standard InChI is InChI=1S/C33H43NO5/c1-18-11-24-30(5,26(18)36)15-20(17-35)16-31(6)28-29(3,4)32(28,14-19(2)33(24,31)38)39-27(37)25(34)23-12-21-9-7-8-10-22(21)13-23/h7-11,16,19,23-25,28,35,38H,12-15,17,34H2,1-6H3/t19-,24-,25+,28+,30+,31+,32+,33+/m1/s1. The number of hydrogen-bond donors (Lipinski definition) is 3. The molecule has 0 aromatic heterocycles. The highest BCUT2D eigenvalue weighted by molar-refractivity contribution is 6.02. The normalized spacial score (nSPS) is 42.8. The van der Waals surface area contributed by atoms with Crippen molar-refractivity contribution in [1.29, 1.82) is 0 Å². The molecule has 0 amide bonds.